The molecule has 0 heterocycles. The summed E-state index contributed by atoms with van der Waals surface area (Å²) in [5.74, 6) is -1.23. The molecule has 2 aliphatic rings. The SMILES string of the molecule is CCCCC1(CCCC)c2ccccc2-c2ccc(N(c3ccc4c(c3)C(CCCC)(CCCC)c3ccccc3-4)c3ccc(C=CC=C(C#N)C(=O)O)c4ccccc34)cc21. The third-order valence-corrected chi connectivity index (χ3v) is 13.9. The number of unbranched alkanes of at least 4 members (excludes halogenated alkanes) is 4. The number of nitrogens with zero attached hydrogens (tertiary/aromatic N) is 2. The second-order valence-electron chi connectivity index (χ2n) is 17.5. The van der Waals surface area contributed by atoms with E-state index in [1.165, 1.54) is 76.3 Å². The van der Waals surface area contributed by atoms with Crippen LogP contribution in [0, 0.1) is 11.3 Å². The Balaban J connectivity index is 1.38. The summed E-state index contributed by atoms with van der Waals surface area (Å²) in [6.45, 7) is 9.26. The number of carboxylic acid groups (broad SMARTS) is 1. The minimum Gasteiger partial charge on any atom is -0.477 e. The Morgan fingerprint density at radius 3 is 1.50 bits per heavy atom. The van der Waals surface area contributed by atoms with Gasteiger partial charge in [0, 0.05) is 27.6 Å². The van der Waals surface area contributed by atoms with Crippen molar-refractivity contribution in [1.29, 1.82) is 5.26 Å². The lowest BCUT2D eigenvalue weighted by Gasteiger charge is -2.35. The summed E-state index contributed by atoms with van der Waals surface area (Å²) in [6, 6.07) is 47.5. The van der Waals surface area contributed by atoms with Gasteiger partial charge in [-0.3, -0.25) is 0 Å². The van der Waals surface area contributed by atoms with Crippen LogP contribution in [-0.2, 0) is 15.6 Å². The van der Waals surface area contributed by atoms with Gasteiger partial charge in [0.1, 0.15) is 11.6 Å². The zero-order valence-corrected chi connectivity index (χ0v) is 37.0. The summed E-state index contributed by atoms with van der Waals surface area (Å²) in [5, 5.41) is 21.0. The largest absolute Gasteiger partial charge is 0.477 e. The Labute approximate surface area is 369 Å². The van der Waals surface area contributed by atoms with Gasteiger partial charge in [0.05, 0.1) is 5.69 Å². The zero-order valence-electron chi connectivity index (χ0n) is 37.0. The zero-order chi connectivity index (χ0) is 43.3. The first-order valence-electron chi connectivity index (χ1n) is 23.2. The fourth-order valence-corrected chi connectivity index (χ4v) is 10.9. The minimum absolute atomic E-state index is 0.0584. The molecule has 0 aromatic heterocycles. The molecule has 0 saturated heterocycles. The summed E-state index contributed by atoms with van der Waals surface area (Å²) in [4.78, 5) is 14.1. The van der Waals surface area contributed by atoms with Gasteiger partial charge >= 0.3 is 5.97 Å². The lowest BCUT2D eigenvalue weighted by molar-refractivity contribution is -0.132. The highest BCUT2D eigenvalue weighted by Gasteiger charge is 2.44. The van der Waals surface area contributed by atoms with Crippen molar-refractivity contribution in [2.24, 2.45) is 0 Å². The summed E-state index contributed by atoms with van der Waals surface area (Å²) < 4.78 is 0. The predicted molar refractivity (Wildman–Crippen MR) is 260 cm³/mol. The molecular formula is C58H60N2O2. The summed E-state index contributed by atoms with van der Waals surface area (Å²) in [5.41, 5.74) is 15.2. The first kappa shape index (κ1) is 42.5. The molecule has 0 bridgehead atoms. The predicted octanol–water partition coefficient (Wildman–Crippen LogP) is 16.2. The van der Waals surface area contributed by atoms with Gasteiger partial charge < -0.3 is 10.0 Å². The molecule has 1 N–H and O–H groups in total. The molecule has 8 rings (SSSR count). The first-order chi connectivity index (χ1) is 30.3. The third kappa shape index (κ3) is 7.47. The van der Waals surface area contributed by atoms with Gasteiger partial charge in [-0.15, -0.1) is 0 Å². The number of carboxylic acids is 1. The Bertz CT molecular complexity index is 2580. The Hall–Kier alpha value is -6.18. The molecule has 0 aliphatic heterocycles. The van der Waals surface area contributed by atoms with Crippen LogP contribution in [0.25, 0.3) is 39.1 Å². The summed E-state index contributed by atoms with van der Waals surface area (Å²) >= 11 is 0. The van der Waals surface area contributed by atoms with E-state index in [0.29, 0.717) is 0 Å². The van der Waals surface area contributed by atoms with Crippen molar-refractivity contribution < 1.29 is 9.90 Å². The van der Waals surface area contributed by atoms with Gasteiger partial charge in [0.25, 0.3) is 0 Å². The lowest BCUT2D eigenvalue weighted by atomic mass is 9.70. The van der Waals surface area contributed by atoms with Crippen LogP contribution >= 0.6 is 0 Å². The van der Waals surface area contributed by atoms with Crippen molar-refractivity contribution in [3.8, 4) is 28.3 Å². The molecule has 0 radical (unpaired) electrons. The molecule has 0 fully saturated rings. The van der Waals surface area contributed by atoms with Gasteiger partial charge in [-0.2, -0.15) is 5.26 Å². The van der Waals surface area contributed by atoms with Crippen molar-refractivity contribution in [2.45, 2.75) is 116 Å². The second-order valence-corrected chi connectivity index (χ2v) is 17.5. The molecule has 0 spiro atoms. The van der Waals surface area contributed by atoms with E-state index in [2.05, 4.69) is 154 Å². The molecule has 0 saturated carbocycles. The van der Waals surface area contributed by atoms with Crippen molar-refractivity contribution in [2.75, 3.05) is 4.90 Å². The van der Waals surface area contributed by atoms with Gasteiger partial charge in [-0.1, -0.05) is 182 Å². The smallest absolute Gasteiger partial charge is 0.346 e. The first-order valence-corrected chi connectivity index (χ1v) is 23.2. The molecule has 0 amide bonds. The summed E-state index contributed by atoms with van der Waals surface area (Å²) in [6.07, 6.45) is 18.8. The van der Waals surface area contributed by atoms with E-state index in [-0.39, 0.29) is 16.4 Å². The monoisotopic (exact) mass is 816 g/mol. The van der Waals surface area contributed by atoms with Crippen molar-refractivity contribution >= 4 is 39.9 Å². The number of allylic oxidation sites excluding steroid dienone is 2. The van der Waals surface area contributed by atoms with E-state index < -0.39 is 5.97 Å². The van der Waals surface area contributed by atoms with Crippen LogP contribution in [0.2, 0.25) is 0 Å². The molecule has 6 aromatic rings. The number of anilines is 3. The highest BCUT2D eigenvalue weighted by Crippen LogP contribution is 2.58. The van der Waals surface area contributed by atoms with E-state index in [0.717, 1.165) is 84.8 Å². The molecular weight excluding hydrogens is 757 g/mol. The van der Waals surface area contributed by atoms with E-state index >= 15 is 0 Å². The number of aliphatic carboxylic acids is 1. The quantitative estimate of drug-likeness (QED) is 0.0533. The minimum atomic E-state index is -1.23. The van der Waals surface area contributed by atoms with E-state index in [9.17, 15) is 15.2 Å². The number of benzene rings is 6. The molecule has 4 nitrogen and oxygen atoms in total. The molecule has 0 atom stereocenters. The maximum absolute atomic E-state index is 11.6. The topological polar surface area (TPSA) is 64.3 Å². The number of fused-ring (bicyclic) bond motifs is 7. The van der Waals surface area contributed by atoms with Crippen LogP contribution in [0.15, 0.2) is 139 Å². The molecule has 2 aliphatic carbocycles. The average molecular weight is 817 g/mol. The standard InChI is InChI=1S/C58H60N2O2/c1-5-9-34-57(35-10-6-2)51-26-17-15-23-46(51)48-31-29-43(38-53(48)57)60(55-33-28-41(45-22-13-14-25-50(45)55)20-19-21-42(40-59)56(61)62)44-30-32-49-47-24-16-18-27-52(47)58(36-11-7-3,37-12-8-4)54(49)39-44/h13-33,38-39H,5-12,34-37H2,1-4H3,(H,61,62). The Morgan fingerprint density at radius 1 is 0.581 bits per heavy atom. The highest BCUT2D eigenvalue weighted by molar-refractivity contribution is 6.03. The van der Waals surface area contributed by atoms with E-state index in [1.54, 1.807) is 12.1 Å². The summed E-state index contributed by atoms with van der Waals surface area (Å²) in [7, 11) is 0. The van der Waals surface area contributed by atoms with Crippen LogP contribution in [0.4, 0.5) is 17.1 Å². The van der Waals surface area contributed by atoms with Crippen LogP contribution in [0.5, 0.6) is 0 Å². The van der Waals surface area contributed by atoms with Crippen molar-refractivity contribution in [3.05, 3.63) is 167 Å². The number of hydrogen-bond donors (Lipinski definition) is 1. The molecule has 0 unspecified atom stereocenters. The molecule has 6 aromatic carbocycles. The third-order valence-electron chi connectivity index (χ3n) is 13.9. The molecule has 62 heavy (non-hydrogen) atoms. The Morgan fingerprint density at radius 2 is 1.03 bits per heavy atom. The normalized spacial score (nSPS) is 14.3. The average Bonchev–Trinajstić information content (AvgIpc) is 3.74. The number of carbonyl (C=O) groups is 1. The fourth-order valence-electron chi connectivity index (χ4n) is 10.9. The van der Waals surface area contributed by atoms with Crippen LogP contribution in [0.1, 0.15) is 133 Å². The molecule has 314 valence electrons. The molecule has 4 heteroatoms. The van der Waals surface area contributed by atoms with Crippen molar-refractivity contribution in [3.63, 3.8) is 0 Å². The van der Waals surface area contributed by atoms with E-state index in [1.807, 2.05) is 6.08 Å². The van der Waals surface area contributed by atoms with Crippen LogP contribution in [-0.4, -0.2) is 11.1 Å². The fraction of sp³-hybridized carbons (Fsp3) is 0.310. The maximum Gasteiger partial charge on any atom is 0.346 e. The van der Waals surface area contributed by atoms with Crippen molar-refractivity contribution in [1.82, 2.24) is 0 Å². The number of rotatable bonds is 18. The Kier molecular flexibility index (Phi) is 12.6. The van der Waals surface area contributed by atoms with Gasteiger partial charge in [0.15, 0.2) is 0 Å². The second kappa shape index (κ2) is 18.4. The van der Waals surface area contributed by atoms with Gasteiger partial charge in [0.2, 0.25) is 0 Å². The van der Waals surface area contributed by atoms with E-state index in [4.69, 9.17) is 0 Å². The van der Waals surface area contributed by atoms with Crippen LogP contribution in [0.3, 0.4) is 0 Å². The van der Waals surface area contributed by atoms with Gasteiger partial charge in [-0.25, -0.2) is 4.79 Å². The number of nitriles is 1. The van der Waals surface area contributed by atoms with Crippen LogP contribution < -0.4 is 4.90 Å². The van der Waals surface area contributed by atoms with Gasteiger partial charge in [-0.05, 0) is 118 Å². The lowest BCUT2D eigenvalue weighted by Crippen LogP contribution is -2.26. The number of hydrogen-bond acceptors (Lipinski definition) is 3. The maximum atomic E-state index is 11.6. The highest BCUT2D eigenvalue weighted by atomic mass is 16.4.